The summed E-state index contributed by atoms with van der Waals surface area (Å²) in [5, 5.41) is 12.1. The molecular weight excluding hydrogens is 370 g/mol. The second-order valence-corrected chi connectivity index (χ2v) is 7.08. The number of aromatic nitrogens is 1. The predicted molar refractivity (Wildman–Crippen MR) is 104 cm³/mol. The molecule has 1 heterocycles. The van der Waals surface area contributed by atoms with Crippen LogP contribution in [0.3, 0.4) is 0 Å². The van der Waals surface area contributed by atoms with E-state index in [0.29, 0.717) is 18.8 Å². The maximum atomic E-state index is 12.3. The van der Waals surface area contributed by atoms with Gasteiger partial charge < -0.3 is 14.9 Å². The van der Waals surface area contributed by atoms with Crippen molar-refractivity contribution in [2.45, 2.75) is 46.6 Å². The molecule has 0 fully saturated rings. The van der Waals surface area contributed by atoms with E-state index < -0.39 is 11.2 Å². The van der Waals surface area contributed by atoms with Crippen LogP contribution in [0.25, 0.3) is 0 Å². The fourth-order valence-corrected chi connectivity index (χ4v) is 3.26. The average Bonchev–Trinajstić information content (AvgIpc) is 3.00. The third kappa shape index (κ3) is 8.67. The Hall–Kier alpha value is -2.42. The molecule has 27 heavy (non-hydrogen) atoms. The van der Waals surface area contributed by atoms with Crippen molar-refractivity contribution in [2.75, 3.05) is 13.2 Å². The van der Waals surface area contributed by atoms with E-state index in [0.717, 1.165) is 16.1 Å². The standard InChI is InChI=1S/C18H27N3O5S/c1-5-8-15(11-13(2)3)16(17-14(4)19-12-27-17)20-18(22)25-9-6-7-10-26-21(23)24/h5,8,11-13,16H,6-7,9-10H2,1-4H3,(H,20,22)/b8-5-,15-11+. The number of alkyl carbamates (subject to hydrolysis) is 1. The Morgan fingerprint density at radius 3 is 2.67 bits per heavy atom. The molecule has 0 aromatic carbocycles. The summed E-state index contributed by atoms with van der Waals surface area (Å²) in [7, 11) is 0. The topological polar surface area (TPSA) is 104 Å². The van der Waals surface area contributed by atoms with Gasteiger partial charge in [-0.05, 0) is 38.2 Å². The van der Waals surface area contributed by atoms with Gasteiger partial charge in [-0.25, -0.2) is 9.78 Å². The van der Waals surface area contributed by atoms with Crippen LogP contribution in [0, 0.1) is 23.0 Å². The van der Waals surface area contributed by atoms with Gasteiger partial charge in [0.25, 0.3) is 5.09 Å². The van der Waals surface area contributed by atoms with Crippen LogP contribution in [0.1, 0.15) is 50.2 Å². The van der Waals surface area contributed by atoms with Crippen molar-refractivity contribution in [3.63, 3.8) is 0 Å². The Morgan fingerprint density at radius 1 is 1.41 bits per heavy atom. The van der Waals surface area contributed by atoms with Crippen LogP contribution in [-0.4, -0.2) is 29.4 Å². The zero-order valence-corrected chi connectivity index (χ0v) is 17.0. The van der Waals surface area contributed by atoms with Gasteiger partial charge >= 0.3 is 6.09 Å². The lowest BCUT2D eigenvalue weighted by Crippen LogP contribution is -2.30. The van der Waals surface area contributed by atoms with Crippen molar-refractivity contribution in [1.29, 1.82) is 0 Å². The Labute approximate surface area is 163 Å². The highest BCUT2D eigenvalue weighted by molar-refractivity contribution is 7.09. The van der Waals surface area contributed by atoms with Gasteiger partial charge in [-0.15, -0.1) is 21.5 Å². The summed E-state index contributed by atoms with van der Waals surface area (Å²) in [5.74, 6) is 0.311. The van der Waals surface area contributed by atoms with Crippen LogP contribution >= 0.6 is 11.3 Å². The first-order valence-electron chi connectivity index (χ1n) is 8.80. The summed E-state index contributed by atoms with van der Waals surface area (Å²) in [4.78, 5) is 31.8. The summed E-state index contributed by atoms with van der Waals surface area (Å²) in [5.41, 5.74) is 3.58. The Bertz CT molecular complexity index is 670. The van der Waals surface area contributed by atoms with Crippen molar-refractivity contribution in [2.24, 2.45) is 5.92 Å². The Morgan fingerprint density at radius 2 is 2.11 bits per heavy atom. The normalized spacial score (nSPS) is 13.0. The number of nitrogens with zero attached hydrogens (tertiary/aromatic N) is 2. The smallest absolute Gasteiger partial charge is 0.407 e. The lowest BCUT2D eigenvalue weighted by atomic mass is 9.99. The van der Waals surface area contributed by atoms with E-state index in [1.54, 1.807) is 5.51 Å². The fraction of sp³-hybridized carbons (Fsp3) is 0.556. The number of unbranched alkanes of at least 4 members (excludes halogenated alkanes) is 1. The number of rotatable bonds is 11. The third-order valence-corrected chi connectivity index (χ3v) is 4.49. The molecule has 0 saturated heterocycles. The lowest BCUT2D eigenvalue weighted by Gasteiger charge is -2.20. The molecule has 0 radical (unpaired) electrons. The minimum Gasteiger partial charge on any atom is -0.450 e. The summed E-state index contributed by atoms with van der Waals surface area (Å²) < 4.78 is 5.21. The van der Waals surface area contributed by atoms with Crippen molar-refractivity contribution >= 4 is 17.4 Å². The third-order valence-electron chi connectivity index (χ3n) is 3.49. The molecule has 1 N–H and O–H groups in total. The molecule has 1 aromatic heterocycles. The summed E-state index contributed by atoms with van der Waals surface area (Å²) in [6, 6.07) is -0.346. The molecule has 0 spiro atoms. The minimum atomic E-state index is -0.834. The molecule has 8 nitrogen and oxygen atoms in total. The number of hydrogen-bond donors (Lipinski definition) is 1. The van der Waals surface area contributed by atoms with E-state index in [1.807, 2.05) is 26.0 Å². The molecular formula is C18H27N3O5S. The van der Waals surface area contributed by atoms with Gasteiger partial charge in [0.15, 0.2) is 0 Å². The highest BCUT2D eigenvalue weighted by atomic mass is 32.1. The molecule has 0 aliphatic carbocycles. The number of hydrogen-bond acceptors (Lipinski definition) is 7. The monoisotopic (exact) mass is 397 g/mol. The maximum Gasteiger partial charge on any atom is 0.407 e. The lowest BCUT2D eigenvalue weighted by molar-refractivity contribution is -0.757. The molecule has 1 amide bonds. The molecule has 9 heteroatoms. The van der Waals surface area contributed by atoms with Crippen molar-refractivity contribution < 1.29 is 19.5 Å². The summed E-state index contributed by atoms with van der Waals surface area (Å²) in [6.07, 6.45) is 6.37. The van der Waals surface area contributed by atoms with Crippen molar-refractivity contribution in [3.8, 4) is 0 Å². The molecule has 1 aromatic rings. The second kappa shape index (κ2) is 12.1. The molecule has 1 atom stereocenters. The number of aryl methyl sites for hydroxylation is 1. The van der Waals surface area contributed by atoms with Crippen molar-refractivity contribution in [1.82, 2.24) is 10.3 Å². The molecule has 0 saturated carbocycles. The molecule has 1 unspecified atom stereocenters. The van der Waals surface area contributed by atoms with Gasteiger partial charge in [0.2, 0.25) is 0 Å². The van der Waals surface area contributed by atoms with E-state index in [9.17, 15) is 14.9 Å². The molecule has 1 rings (SSSR count). The summed E-state index contributed by atoms with van der Waals surface area (Å²) >= 11 is 1.48. The Kier molecular flexibility index (Phi) is 10.1. The van der Waals surface area contributed by atoms with E-state index in [1.165, 1.54) is 11.3 Å². The van der Waals surface area contributed by atoms with Gasteiger partial charge in [0.1, 0.15) is 0 Å². The largest absolute Gasteiger partial charge is 0.450 e. The van der Waals surface area contributed by atoms with Gasteiger partial charge in [0.05, 0.1) is 35.3 Å². The van der Waals surface area contributed by atoms with Crippen molar-refractivity contribution in [3.05, 3.63) is 50.0 Å². The van der Waals surface area contributed by atoms with E-state index >= 15 is 0 Å². The van der Waals surface area contributed by atoms with E-state index in [2.05, 4.69) is 35.1 Å². The van der Waals surface area contributed by atoms with Crippen LogP contribution in [0.4, 0.5) is 4.79 Å². The zero-order valence-electron chi connectivity index (χ0n) is 16.1. The van der Waals surface area contributed by atoms with Crippen LogP contribution in [0.2, 0.25) is 0 Å². The predicted octanol–water partition coefficient (Wildman–Crippen LogP) is 4.37. The number of allylic oxidation sites excluding steroid dienone is 2. The van der Waals surface area contributed by atoms with Gasteiger partial charge in [0, 0.05) is 0 Å². The quantitative estimate of drug-likeness (QED) is 0.257. The van der Waals surface area contributed by atoms with Crippen LogP contribution < -0.4 is 5.32 Å². The van der Waals surface area contributed by atoms with Gasteiger partial charge in [-0.3, -0.25) is 0 Å². The number of ether oxygens (including phenoxy) is 1. The highest BCUT2D eigenvalue weighted by Gasteiger charge is 2.22. The highest BCUT2D eigenvalue weighted by Crippen LogP contribution is 2.29. The number of carbonyl (C=O) groups excluding carboxylic acids is 1. The second-order valence-electron chi connectivity index (χ2n) is 6.19. The van der Waals surface area contributed by atoms with E-state index in [-0.39, 0.29) is 19.3 Å². The van der Waals surface area contributed by atoms with Gasteiger partial charge in [-0.2, -0.15) is 0 Å². The molecule has 150 valence electrons. The summed E-state index contributed by atoms with van der Waals surface area (Å²) in [6.45, 7) is 8.13. The van der Waals surface area contributed by atoms with Gasteiger partial charge in [-0.1, -0.05) is 32.1 Å². The molecule has 0 bridgehead atoms. The number of carbonyl (C=O) groups is 1. The maximum absolute atomic E-state index is 12.3. The average molecular weight is 397 g/mol. The first-order valence-corrected chi connectivity index (χ1v) is 9.68. The first-order chi connectivity index (χ1) is 12.8. The fourth-order valence-electron chi connectivity index (χ4n) is 2.38. The first kappa shape index (κ1) is 22.6. The van der Waals surface area contributed by atoms with Crippen LogP contribution in [0.5, 0.6) is 0 Å². The zero-order chi connectivity index (χ0) is 20.2. The van der Waals surface area contributed by atoms with E-state index in [4.69, 9.17) is 4.74 Å². The molecule has 0 aliphatic rings. The number of nitrogens with one attached hydrogen (secondary N) is 1. The minimum absolute atomic E-state index is 0.0107. The SMILES string of the molecule is C/C=C\C(=C/C(C)C)C(NC(=O)OCCCCO[N+](=O)[O-])c1scnc1C. The molecule has 0 aliphatic heterocycles. The number of thiazole rings is 1. The van der Waals surface area contributed by atoms with Crippen LogP contribution in [-0.2, 0) is 9.57 Å². The van der Waals surface area contributed by atoms with Crippen LogP contribution in [0.15, 0.2) is 29.3 Å². The number of amides is 1. The Balaban J connectivity index is 2.73.